The third kappa shape index (κ3) is 1.62. The summed E-state index contributed by atoms with van der Waals surface area (Å²) >= 11 is 7.60. The molecule has 0 unspecified atom stereocenters. The van der Waals surface area contributed by atoms with E-state index in [2.05, 4.69) is 38.1 Å². The van der Waals surface area contributed by atoms with Crippen molar-refractivity contribution in [2.75, 3.05) is 5.73 Å². The first-order chi connectivity index (χ1) is 5.52. The molecule has 1 aromatic rings. The van der Waals surface area contributed by atoms with Crippen LogP contribution in [0.1, 0.15) is 10.5 Å². The quantitative estimate of drug-likeness (QED) is 0.651. The summed E-state index contributed by atoms with van der Waals surface area (Å²) in [6.07, 6.45) is 0. The maximum Gasteiger partial charge on any atom is 0.353 e. The lowest BCUT2D eigenvalue weighted by Gasteiger charge is -2.00. The van der Waals surface area contributed by atoms with Gasteiger partial charge >= 0.3 is 5.97 Å². The van der Waals surface area contributed by atoms with Crippen molar-refractivity contribution in [1.29, 1.82) is 0 Å². The number of nitrogens with zero attached hydrogens (tertiary/aromatic N) is 1. The molecule has 0 radical (unpaired) electrons. The zero-order valence-electron chi connectivity index (χ0n) is 5.67. The molecule has 0 aliphatic carbocycles. The Kier molecular flexibility index (Phi) is 2.43. The SMILES string of the molecule is Nc1nc(=S)[nH]c(C(=O)O)c1Br. The Hall–Kier alpha value is -0.950. The fraction of sp³-hybridized carbons (Fsp3) is 0. The molecule has 0 fully saturated rings. The first-order valence-corrected chi connectivity index (χ1v) is 4.01. The largest absolute Gasteiger partial charge is 0.477 e. The van der Waals surface area contributed by atoms with Crippen molar-refractivity contribution in [3.63, 3.8) is 0 Å². The van der Waals surface area contributed by atoms with Crippen LogP contribution in [0.15, 0.2) is 4.47 Å². The molecule has 7 heteroatoms. The van der Waals surface area contributed by atoms with Gasteiger partial charge in [0.05, 0.1) is 4.47 Å². The summed E-state index contributed by atoms with van der Waals surface area (Å²) in [6.45, 7) is 0. The highest BCUT2D eigenvalue weighted by molar-refractivity contribution is 9.10. The van der Waals surface area contributed by atoms with E-state index in [1.165, 1.54) is 0 Å². The number of aromatic carboxylic acids is 1. The zero-order chi connectivity index (χ0) is 9.30. The van der Waals surface area contributed by atoms with E-state index in [0.717, 1.165) is 0 Å². The Balaban J connectivity index is 3.48. The molecule has 1 heterocycles. The molecule has 12 heavy (non-hydrogen) atoms. The molecular formula is C5H4BrN3O2S. The molecule has 0 aliphatic heterocycles. The maximum absolute atomic E-state index is 10.5. The third-order valence-corrected chi connectivity index (χ3v) is 2.11. The monoisotopic (exact) mass is 249 g/mol. The van der Waals surface area contributed by atoms with Crippen molar-refractivity contribution in [3.05, 3.63) is 14.9 Å². The average molecular weight is 250 g/mol. The fourth-order valence-electron chi connectivity index (χ4n) is 0.624. The second-order valence-corrected chi connectivity index (χ2v) is 3.10. The van der Waals surface area contributed by atoms with Gasteiger partial charge in [-0.15, -0.1) is 0 Å². The van der Waals surface area contributed by atoms with Crippen LogP contribution in [0.3, 0.4) is 0 Å². The van der Waals surface area contributed by atoms with Crippen LogP contribution in [0.5, 0.6) is 0 Å². The van der Waals surface area contributed by atoms with Crippen LogP contribution in [-0.4, -0.2) is 21.0 Å². The smallest absolute Gasteiger partial charge is 0.353 e. The molecule has 5 nitrogen and oxygen atoms in total. The molecule has 1 aromatic heterocycles. The van der Waals surface area contributed by atoms with Crippen LogP contribution in [0.4, 0.5) is 5.82 Å². The van der Waals surface area contributed by atoms with Crippen LogP contribution in [0, 0.1) is 4.77 Å². The number of carboxylic acid groups (broad SMARTS) is 1. The topological polar surface area (TPSA) is 92.0 Å². The van der Waals surface area contributed by atoms with Gasteiger partial charge in [-0.25, -0.2) is 9.78 Å². The van der Waals surface area contributed by atoms with Gasteiger partial charge in [0, 0.05) is 0 Å². The van der Waals surface area contributed by atoms with E-state index < -0.39 is 5.97 Å². The van der Waals surface area contributed by atoms with Crippen molar-refractivity contribution >= 4 is 39.9 Å². The van der Waals surface area contributed by atoms with Gasteiger partial charge in [0.15, 0.2) is 4.77 Å². The molecule has 0 saturated carbocycles. The average Bonchev–Trinajstić information content (AvgIpc) is 1.96. The van der Waals surface area contributed by atoms with E-state index in [-0.39, 0.29) is 20.8 Å². The number of halogens is 1. The molecule has 0 aliphatic rings. The molecule has 4 N–H and O–H groups in total. The number of carbonyl (C=O) groups is 1. The molecule has 0 spiro atoms. The Morgan fingerprint density at radius 3 is 2.83 bits per heavy atom. The lowest BCUT2D eigenvalue weighted by atomic mass is 10.4. The second kappa shape index (κ2) is 3.20. The van der Waals surface area contributed by atoms with E-state index in [1.807, 2.05) is 0 Å². The summed E-state index contributed by atoms with van der Waals surface area (Å²) in [6, 6.07) is 0. The van der Waals surface area contributed by atoms with E-state index in [0.29, 0.717) is 0 Å². The summed E-state index contributed by atoms with van der Waals surface area (Å²) in [5.74, 6) is -1.07. The minimum absolute atomic E-state index is 0.0492. The molecule has 0 aromatic carbocycles. The first-order valence-electron chi connectivity index (χ1n) is 2.81. The van der Waals surface area contributed by atoms with Crippen LogP contribution in [0.2, 0.25) is 0 Å². The van der Waals surface area contributed by atoms with Crippen molar-refractivity contribution in [3.8, 4) is 0 Å². The van der Waals surface area contributed by atoms with Crippen molar-refractivity contribution < 1.29 is 9.90 Å². The van der Waals surface area contributed by atoms with Crippen molar-refractivity contribution in [1.82, 2.24) is 9.97 Å². The van der Waals surface area contributed by atoms with Gasteiger partial charge in [0.25, 0.3) is 0 Å². The third-order valence-electron chi connectivity index (χ3n) is 1.11. The van der Waals surface area contributed by atoms with Gasteiger partial charge in [-0.3, -0.25) is 0 Å². The predicted molar refractivity (Wildman–Crippen MR) is 48.5 cm³/mol. The standard InChI is InChI=1S/C5H4BrN3O2S/c6-1-2(4(10)11)8-5(12)9-3(1)7/h(H,10,11)(H3,7,8,9,12). The van der Waals surface area contributed by atoms with Crippen molar-refractivity contribution in [2.24, 2.45) is 0 Å². The van der Waals surface area contributed by atoms with Crippen LogP contribution < -0.4 is 5.73 Å². The Labute approximate surface area is 80.8 Å². The number of hydrogen-bond donors (Lipinski definition) is 3. The minimum atomic E-state index is -1.14. The number of H-pyrrole nitrogens is 1. The summed E-state index contributed by atoms with van der Waals surface area (Å²) in [5, 5.41) is 8.62. The molecule has 0 bridgehead atoms. The minimum Gasteiger partial charge on any atom is -0.477 e. The number of nitrogen functional groups attached to an aromatic ring is 1. The summed E-state index contributed by atoms with van der Waals surface area (Å²) < 4.78 is 0.261. The van der Waals surface area contributed by atoms with Crippen LogP contribution in [-0.2, 0) is 0 Å². The first kappa shape index (κ1) is 9.14. The lowest BCUT2D eigenvalue weighted by molar-refractivity contribution is 0.0689. The fourth-order valence-corrected chi connectivity index (χ4v) is 1.18. The van der Waals surface area contributed by atoms with Gasteiger partial charge < -0.3 is 15.8 Å². The Morgan fingerprint density at radius 2 is 2.33 bits per heavy atom. The van der Waals surface area contributed by atoms with E-state index in [9.17, 15) is 4.79 Å². The molecule has 1 rings (SSSR count). The van der Waals surface area contributed by atoms with Crippen LogP contribution in [0.25, 0.3) is 0 Å². The number of anilines is 1. The predicted octanol–water partition coefficient (Wildman–Crippen LogP) is 1.18. The van der Waals surface area contributed by atoms with Gasteiger partial charge in [-0.2, -0.15) is 0 Å². The normalized spacial score (nSPS) is 9.75. The van der Waals surface area contributed by atoms with E-state index >= 15 is 0 Å². The van der Waals surface area contributed by atoms with E-state index in [1.54, 1.807) is 0 Å². The number of nitrogens with one attached hydrogen (secondary N) is 1. The lowest BCUT2D eigenvalue weighted by Crippen LogP contribution is -2.06. The maximum atomic E-state index is 10.5. The summed E-state index contributed by atoms with van der Waals surface area (Å²) in [4.78, 5) is 16.6. The highest BCUT2D eigenvalue weighted by Crippen LogP contribution is 2.19. The number of carboxylic acids is 1. The number of aromatic amines is 1. The highest BCUT2D eigenvalue weighted by atomic mass is 79.9. The molecule has 0 saturated heterocycles. The zero-order valence-corrected chi connectivity index (χ0v) is 8.07. The molecule has 0 amide bonds. The summed E-state index contributed by atoms with van der Waals surface area (Å²) in [5.41, 5.74) is 5.26. The Morgan fingerprint density at radius 1 is 1.75 bits per heavy atom. The number of aromatic nitrogens is 2. The number of hydrogen-bond acceptors (Lipinski definition) is 4. The highest BCUT2D eigenvalue weighted by Gasteiger charge is 2.11. The molecule has 64 valence electrons. The van der Waals surface area contributed by atoms with Gasteiger partial charge in [-0.05, 0) is 28.1 Å². The number of nitrogens with two attached hydrogens (primary N) is 1. The van der Waals surface area contributed by atoms with Gasteiger partial charge in [0.1, 0.15) is 11.5 Å². The summed E-state index contributed by atoms with van der Waals surface area (Å²) in [7, 11) is 0. The van der Waals surface area contributed by atoms with Gasteiger partial charge in [0.2, 0.25) is 0 Å². The van der Waals surface area contributed by atoms with Crippen LogP contribution >= 0.6 is 28.1 Å². The van der Waals surface area contributed by atoms with Gasteiger partial charge in [-0.1, -0.05) is 0 Å². The molecule has 0 atom stereocenters. The molecular weight excluding hydrogens is 246 g/mol. The Bertz CT molecular complexity index is 389. The van der Waals surface area contributed by atoms with E-state index in [4.69, 9.17) is 10.8 Å². The second-order valence-electron chi connectivity index (χ2n) is 1.92. The van der Waals surface area contributed by atoms with Crippen molar-refractivity contribution in [2.45, 2.75) is 0 Å². The number of rotatable bonds is 1.